The molecule has 0 spiro atoms. The van der Waals surface area contributed by atoms with Crippen LogP contribution in [-0.2, 0) is 4.79 Å². The normalized spacial score (nSPS) is 10.4. The molecule has 19 heavy (non-hydrogen) atoms. The topological polar surface area (TPSA) is 69.8 Å². The van der Waals surface area contributed by atoms with Crippen molar-refractivity contribution in [3.8, 4) is 11.3 Å². The first kappa shape index (κ1) is 13.3. The minimum atomic E-state index is 0.0389. The van der Waals surface area contributed by atoms with E-state index in [0.717, 1.165) is 29.9 Å². The molecule has 100 valence electrons. The van der Waals surface area contributed by atoms with Gasteiger partial charge in [0.1, 0.15) is 0 Å². The molecule has 0 aliphatic heterocycles. The van der Waals surface area contributed by atoms with Gasteiger partial charge in [0.15, 0.2) is 0 Å². The van der Waals surface area contributed by atoms with Crippen LogP contribution >= 0.6 is 0 Å². The highest BCUT2D eigenvalue weighted by Crippen LogP contribution is 2.20. The molecule has 0 unspecified atom stereocenters. The van der Waals surface area contributed by atoms with E-state index in [-0.39, 0.29) is 5.91 Å². The number of hydrogen-bond acceptors (Lipinski definition) is 3. The van der Waals surface area contributed by atoms with Crippen molar-refractivity contribution in [2.75, 3.05) is 18.9 Å². The number of nitrogens with zero attached hydrogens (tertiary/aromatic N) is 1. The summed E-state index contributed by atoms with van der Waals surface area (Å²) >= 11 is 0. The van der Waals surface area contributed by atoms with Gasteiger partial charge in [0.05, 0.1) is 5.69 Å². The molecule has 2 aromatic rings. The lowest BCUT2D eigenvalue weighted by Gasteiger charge is -2.06. The predicted molar refractivity (Wildman–Crippen MR) is 75.8 cm³/mol. The van der Waals surface area contributed by atoms with Crippen molar-refractivity contribution >= 4 is 11.6 Å². The van der Waals surface area contributed by atoms with Gasteiger partial charge in [0.2, 0.25) is 5.91 Å². The maximum atomic E-state index is 11.7. The van der Waals surface area contributed by atoms with Gasteiger partial charge in [-0.2, -0.15) is 5.10 Å². The van der Waals surface area contributed by atoms with Crippen molar-refractivity contribution in [3.05, 3.63) is 36.5 Å². The summed E-state index contributed by atoms with van der Waals surface area (Å²) < 4.78 is 0. The molecule has 0 bridgehead atoms. The molecule has 3 N–H and O–H groups in total. The van der Waals surface area contributed by atoms with Crippen molar-refractivity contribution in [2.24, 2.45) is 0 Å². The number of aromatic amines is 1. The molecule has 0 aliphatic rings. The summed E-state index contributed by atoms with van der Waals surface area (Å²) in [6, 6.07) is 9.61. The summed E-state index contributed by atoms with van der Waals surface area (Å²) in [6.45, 7) is 0.849. The first-order chi connectivity index (χ1) is 9.29. The Bertz CT molecular complexity index is 522. The van der Waals surface area contributed by atoms with Gasteiger partial charge >= 0.3 is 0 Å². The molecule has 1 aromatic carbocycles. The fraction of sp³-hybridized carbons (Fsp3) is 0.286. The van der Waals surface area contributed by atoms with Gasteiger partial charge in [-0.05, 0) is 38.2 Å². The second-order valence-electron chi connectivity index (χ2n) is 4.31. The molecular formula is C14H18N4O. The number of H-pyrrole nitrogens is 1. The highest BCUT2D eigenvalue weighted by molar-refractivity contribution is 5.91. The molecule has 0 aliphatic carbocycles. The van der Waals surface area contributed by atoms with E-state index in [1.54, 1.807) is 6.20 Å². The number of hydrogen-bond donors (Lipinski definition) is 3. The molecule has 0 saturated carbocycles. The van der Waals surface area contributed by atoms with Crippen LogP contribution in [0.3, 0.4) is 0 Å². The lowest BCUT2D eigenvalue weighted by Crippen LogP contribution is -2.15. The lowest BCUT2D eigenvalue weighted by atomic mass is 10.1. The van der Waals surface area contributed by atoms with E-state index >= 15 is 0 Å². The number of benzene rings is 1. The fourth-order valence-corrected chi connectivity index (χ4v) is 1.83. The SMILES string of the molecule is CNCCCC(=O)Nc1cccc(-c2ccn[nH]2)c1. The zero-order chi connectivity index (χ0) is 13.5. The fourth-order valence-electron chi connectivity index (χ4n) is 1.83. The second-order valence-corrected chi connectivity index (χ2v) is 4.31. The van der Waals surface area contributed by atoms with Gasteiger partial charge in [-0.25, -0.2) is 0 Å². The summed E-state index contributed by atoms with van der Waals surface area (Å²) in [7, 11) is 1.88. The number of amides is 1. The Kier molecular flexibility index (Phi) is 4.69. The van der Waals surface area contributed by atoms with Gasteiger partial charge in [0, 0.05) is 23.9 Å². The van der Waals surface area contributed by atoms with Crippen LogP contribution in [0.5, 0.6) is 0 Å². The summed E-state index contributed by atoms with van der Waals surface area (Å²) in [5.74, 6) is 0.0389. The second kappa shape index (κ2) is 6.70. The van der Waals surface area contributed by atoms with Crippen molar-refractivity contribution < 1.29 is 4.79 Å². The minimum absolute atomic E-state index is 0.0389. The number of nitrogens with one attached hydrogen (secondary N) is 3. The Hall–Kier alpha value is -2.14. The lowest BCUT2D eigenvalue weighted by molar-refractivity contribution is -0.116. The summed E-state index contributed by atoms with van der Waals surface area (Å²) in [6.07, 6.45) is 3.07. The van der Waals surface area contributed by atoms with Crippen molar-refractivity contribution in [3.63, 3.8) is 0 Å². The van der Waals surface area contributed by atoms with Crippen molar-refractivity contribution in [2.45, 2.75) is 12.8 Å². The van der Waals surface area contributed by atoms with Crippen LogP contribution in [0, 0.1) is 0 Å². The number of carbonyl (C=O) groups is 1. The Labute approximate surface area is 112 Å². The molecular weight excluding hydrogens is 240 g/mol. The molecule has 5 heteroatoms. The highest BCUT2D eigenvalue weighted by Gasteiger charge is 2.04. The van der Waals surface area contributed by atoms with Crippen molar-refractivity contribution in [1.82, 2.24) is 15.5 Å². The number of carbonyl (C=O) groups excluding carboxylic acids is 1. The van der Waals surface area contributed by atoms with Gasteiger partial charge < -0.3 is 10.6 Å². The molecule has 0 atom stereocenters. The summed E-state index contributed by atoms with van der Waals surface area (Å²) in [5, 5.41) is 12.8. The smallest absolute Gasteiger partial charge is 0.224 e. The van der Waals surface area contributed by atoms with Crippen molar-refractivity contribution in [1.29, 1.82) is 0 Å². The van der Waals surface area contributed by atoms with Gasteiger partial charge in [0.25, 0.3) is 0 Å². The molecule has 1 amide bonds. The quantitative estimate of drug-likeness (QED) is 0.694. The standard InChI is InChI=1S/C14H18N4O/c1-15-8-3-6-14(19)17-12-5-2-4-11(10-12)13-7-9-16-18-13/h2,4-5,7,9-10,15H,3,6,8H2,1H3,(H,16,18)(H,17,19). The summed E-state index contributed by atoms with van der Waals surface area (Å²) in [4.78, 5) is 11.7. The van der Waals surface area contributed by atoms with E-state index in [2.05, 4.69) is 20.8 Å². The van der Waals surface area contributed by atoms with E-state index in [1.165, 1.54) is 0 Å². The van der Waals surface area contributed by atoms with E-state index < -0.39 is 0 Å². The molecule has 2 rings (SSSR count). The highest BCUT2D eigenvalue weighted by atomic mass is 16.1. The zero-order valence-electron chi connectivity index (χ0n) is 10.9. The maximum Gasteiger partial charge on any atom is 0.224 e. The number of rotatable bonds is 6. The van der Waals surface area contributed by atoms with Crippen LogP contribution in [0.15, 0.2) is 36.5 Å². The number of aromatic nitrogens is 2. The van der Waals surface area contributed by atoms with Gasteiger partial charge in [-0.3, -0.25) is 9.89 Å². The average Bonchev–Trinajstić information content (AvgIpc) is 2.93. The van der Waals surface area contributed by atoms with Crippen LogP contribution < -0.4 is 10.6 Å². The molecule has 0 fully saturated rings. The Morgan fingerprint density at radius 3 is 3.00 bits per heavy atom. The Morgan fingerprint density at radius 2 is 2.26 bits per heavy atom. The minimum Gasteiger partial charge on any atom is -0.326 e. The van der Waals surface area contributed by atoms with E-state index in [1.807, 2.05) is 37.4 Å². The van der Waals surface area contributed by atoms with Crippen LogP contribution in [0.4, 0.5) is 5.69 Å². The Morgan fingerprint density at radius 1 is 1.37 bits per heavy atom. The van der Waals surface area contributed by atoms with Crippen LogP contribution in [-0.4, -0.2) is 29.7 Å². The first-order valence-corrected chi connectivity index (χ1v) is 6.34. The van der Waals surface area contributed by atoms with Crippen LogP contribution in [0.2, 0.25) is 0 Å². The summed E-state index contributed by atoms with van der Waals surface area (Å²) in [5.41, 5.74) is 2.75. The average molecular weight is 258 g/mol. The molecule has 1 aromatic heterocycles. The third kappa shape index (κ3) is 3.93. The van der Waals surface area contributed by atoms with Gasteiger partial charge in [-0.1, -0.05) is 12.1 Å². The third-order valence-electron chi connectivity index (χ3n) is 2.79. The molecule has 1 heterocycles. The maximum absolute atomic E-state index is 11.7. The monoisotopic (exact) mass is 258 g/mol. The Balaban J connectivity index is 1.97. The predicted octanol–water partition coefficient (Wildman–Crippen LogP) is 2.01. The largest absolute Gasteiger partial charge is 0.326 e. The van der Waals surface area contributed by atoms with E-state index in [0.29, 0.717) is 6.42 Å². The molecule has 0 saturated heterocycles. The zero-order valence-corrected chi connectivity index (χ0v) is 10.9. The molecule has 5 nitrogen and oxygen atoms in total. The third-order valence-corrected chi connectivity index (χ3v) is 2.79. The van der Waals surface area contributed by atoms with Crippen LogP contribution in [0.1, 0.15) is 12.8 Å². The van der Waals surface area contributed by atoms with E-state index in [9.17, 15) is 4.79 Å². The van der Waals surface area contributed by atoms with Gasteiger partial charge in [-0.15, -0.1) is 0 Å². The van der Waals surface area contributed by atoms with E-state index in [4.69, 9.17) is 0 Å². The first-order valence-electron chi connectivity index (χ1n) is 6.34. The molecule has 0 radical (unpaired) electrons. The van der Waals surface area contributed by atoms with Crippen LogP contribution in [0.25, 0.3) is 11.3 Å². The number of anilines is 1.